The number of nitrogens with two attached hydrogens (primary N) is 1. The molecule has 0 fully saturated rings. The number of nitrogens with zero attached hydrogens (tertiary/aromatic N) is 2. The molecule has 0 aromatic carbocycles. The van der Waals surface area contributed by atoms with Crippen molar-refractivity contribution >= 4 is 11.3 Å². The van der Waals surface area contributed by atoms with Gasteiger partial charge in [0.1, 0.15) is 0 Å². The lowest BCUT2D eigenvalue weighted by molar-refractivity contribution is 0.300. The van der Waals surface area contributed by atoms with Crippen LogP contribution in [0.5, 0.6) is 0 Å². The van der Waals surface area contributed by atoms with Crippen LogP contribution in [0.4, 0.5) is 0 Å². The molecule has 98 valence electrons. The van der Waals surface area contributed by atoms with Crippen molar-refractivity contribution < 1.29 is 4.52 Å². The lowest BCUT2D eigenvalue weighted by Crippen LogP contribution is -2.28. The molecule has 2 rings (SSSR count). The van der Waals surface area contributed by atoms with Gasteiger partial charge in [-0.1, -0.05) is 19.0 Å². The van der Waals surface area contributed by atoms with E-state index in [2.05, 4.69) is 29.4 Å². The zero-order valence-electron chi connectivity index (χ0n) is 11.2. The van der Waals surface area contributed by atoms with Crippen molar-refractivity contribution in [2.24, 2.45) is 11.7 Å². The molecule has 5 heteroatoms. The first kappa shape index (κ1) is 13.2. The van der Waals surface area contributed by atoms with Gasteiger partial charge in [0.15, 0.2) is 0 Å². The van der Waals surface area contributed by atoms with Gasteiger partial charge in [0.2, 0.25) is 11.7 Å². The summed E-state index contributed by atoms with van der Waals surface area (Å²) in [6, 6.07) is 0.00173. The Morgan fingerprint density at radius 2 is 2.00 bits per heavy atom. The molecule has 2 atom stereocenters. The SMILES string of the molecule is Cc1cscc1-c1noc(C(C(C)C)C(C)N)n1. The first-order valence-corrected chi connectivity index (χ1v) is 7.07. The molecule has 0 saturated carbocycles. The summed E-state index contributed by atoms with van der Waals surface area (Å²) >= 11 is 1.64. The van der Waals surface area contributed by atoms with Gasteiger partial charge < -0.3 is 10.3 Å². The van der Waals surface area contributed by atoms with Gasteiger partial charge in [0.25, 0.3) is 0 Å². The van der Waals surface area contributed by atoms with Crippen LogP contribution in [0.15, 0.2) is 15.3 Å². The maximum atomic E-state index is 6.00. The molecule has 0 bridgehead atoms. The van der Waals surface area contributed by atoms with E-state index in [0.717, 1.165) is 5.56 Å². The van der Waals surface area contributed by atoms with Crippen LogP contribution in [0, 0.1) is 12.8 Å². The lowest BCUT2D eigenvalue weighted by Gasteiger charge is -2.20. The highest BCUT2D eigenvalue weighted by Crippen LogP contribution is 2.29. The Morgan fingerprint density at radius 3 is 2.50 bits per heavy atom. The predicted octanol–water partition coefficient (Wildman–Crippen LogP) is 3.19. The fraction of sp³-hybridized carbons (Fsp3) is 0.538. The Balaban J connectivity index is 2.33. The van der Waals surface area contributed by atoms with Crippen molar-refractivity contribution in [1.29, 1.82) is 0 Å². The number of thiophene rings is 1. The van der Waals surface area contributed by atoms with Gasteiger partial charge in [-0.25, -0.2) is 0 Å². The fourth-order valence-corrected chi connectivity index (χ4v) is 3.01. The fourth-order valence-electron chi connectivity index (χ4n) is 2.19. The van der Waals surface area contributed by atoms with Crippen molar-refractivity contribution in [3.8, 4) is 11.4 Å². The van der Waals surface area contributed by atoms with E-state index in [1.54, 1.807) is 11.3 Å². The van der Waals surface area contributed by atoms with Crippen LogP contribution >= 0.6 is 11.3 Å². The third-order valence-corrected chi connectivity index (χ3v) is 3.97. The number of rotatable bonds is 4. The minimum absolute atomic E-state index is 0.00173. The van der Waals surface area contributed by atoms with Crippen molar-refractivity contribution in [2.45, 2.75) is 39.7 Å². The van der Waals surface area contributed by atoms with Gasteiger partial charge in [-0.2, -0.15) is 16.3 Å². The van der Waals surface area contributed by atoms with Gasteiger partial charge in [-0.15, -0.1) is 0 Å². The molecule has 4 nitrogen and oxygen atoms in total. The van der Waals surface area contributed by atoms with Crippen LogP contribution in [0.25, 0.3) is 11.4 Å². The molecule has 2 aromatic rings. The van der Waals surface area contributed by atoms with Crippen LogP contribution in [-0.4, -0.2) is 16.2 Å². The molecule has 0 aliphatic heterocycles. The number of hydrogen-bond donors (Lipinski definition) is 1. The van der Waals surface area contributed by atoms with Crippen LogP contribution in [0.2, 0.25) is 0 Å². The number of aryl methyl sites for hydroxylation is 1. The second-order valence-corrected chi connectivity index (χ2v) is 5.80. The summed E-state index contributed by atoms with van der Waals surface area (Å²) in [5.74, 6) is 1.78. The molecule has 2 unspecified atom stereocenters. The first-order chi connectivity index (χ1) is 8.50. The molecule has 0 aliphatic rings. The first-order valence-electron chi connectivity index (χ1n) is 6.13. The van der Waals surface area contributed by atoms with E-state index in [-0.39, 0.29) is 12.0 Å². The van der Waals surface area contributed by atoms with E-state index in [1.807, 2.05) is 19.2 Å². The lowest BCUT2D eigenvalue weighted by atomic mass is 9.90. The zero-order valence-corrected chi connectivity index (χ0v) is 12.0. The largest absolute Gasteiger partial charge is 0.339 e. The summed E-state index contributed by atoms with van der Waals surface area (Å²) in [7, 11) is 0. The molecule has 2 N–H and O–H groups in total. The van der Waals surface area contributed by atoms with Gasteiger partial charge in [0, 0.05) is 17.0 Å². The van der Waals surface area contributed by atoms with E-state index in [9.17, 15) is 0 Å². The second kappa shape index (κ2) is 5.20. The van der Waals surface area contributed by atoms with Crippen LogP contribution in [-0.2, 0) is 0 Å². The third kappa shape index (κ3) is 2.47. The highest BCUT2D eigenvalue weighted by molar-refractivity contribution is 7.08. The monoisotopic (exact) mass is 265 g/mol. The minimum atomic E-state index is 0.00173. The maximum Gasteiger partial charge on any atom is 0.231 e. The standard InChI is InChI=1S/C13H19N3OS/c1-7(2)11(9(4)14)13-15-12(16-17-13)10-6-18-5-8(10)3/h5-7,9,11H,14H2,1-4H3. The average molecular weight is 265 g/mol. The summed E-state index contributed by atoms with van der Waals surface area (Å²) < 4.78 is 5.39. The molecule has 0 spiro atoms. The number of hydrogen-bond acceptors (Lipinski definition) is 5. The molecule has 0 amide bonds. The summed E-state index contributed by atoms with van der Waals surface area (Å²) in [5.41, 5.74) is 8.22. The Kier molecular flexibility index (Phi) is 3.82. The molecule has 2 heterocycles. The van der Waals surface area contributed by atoms with Gasteiger partial charge in [-0.05, 0) is 30.7 Å². The summed E-state index contributed by atoms with van der Waals surface area (Å²) in [6.07, 6.45) is 0. The minimum Gasteiger partial charge on any atom is -0.339 e. The Morgan fingerprint density at radius 1 is 1.28 bits per heavy atom. The van der Waals surface area contributed by atoms with Crippen molar-refractivity contribution in [3.05, 3.63) is 22.2 Å². The second-order valence-electron chi connectivity index (χ2n) is 5.05. The van der Waals surface area contributed by atoms with Crippen molar-refractivity contribution in [2.75, 3.05) is 0 Å². The molecule has 0 radical (unpaired) electrons. The predicted molar refractivity (Wildman–Crippen MR) is 73.6 cm³/mol. The van der Waals surface area contributed by atoms with Crippen molar-refractivity contribution in [1.82, 2.24) is 10.1 Å². The zero-order chi connectivity index (χ0) is 13.3. The number of aromatic nitrogens is 2. The Hall–Kier alpha value is -1.20. The third-order valence-electron chi connectivity index (χ3n) is 3.11. The topological polar surface area (TPSA) is 64.9 Å². The quantitative estimate of drug-likeness (QED) is 0.922. The Labute approximate surface area is 111 Å². The normalized spacial score (nSPS) is 15.0. The van der Waals surface area contributed by atoms with E-state index in [1.165, 1.54) is 5.56 Å². The highest BCUT2D eigenvalue weighted by atomic mass is 32.1. The van der Waals surface area contributed by atoms with Crippen LogP contribution in [0.1, 0.15) is 38.1 Å². The Bertz CT molecular complexity index is 508. The summed E-state index contributed by atoms with van der Waals surface area (Å²) in [5, 5.41) is 8.19. The molecular formula is C13H19N3OS. The van der Waals surface area contributed by atoms with Gasteiger partial charge in [0.05, 0.1) is 5.92 Å². The van der Waals surface area contributed by atoms with Crippen LogP contribution in [0.3, 0.4) is 0 Å². The molecule has 0 aliphatic carbocycles. The van der Waals surface area contributed by atoms with Crippen molar-refractivity contribution in [3.63, 3.8) is 0 Å². The summed E-state index contributed by atoms with van der Waals surface area (Å²) in [6.45, 7) is 8.26. The maximum absolute atomic E-state index is 6.00. The van der Waals surface area contributed by atoms with E-state index in [0.29, 0.717) is 17.6 Å². The molecule has 2 aromatic heterocycles. The van der Waals surface area contributed by atoms with E-state index >= 15 is 0 Å². The van der Waals surface area contributed by atoms with E-state index in [4.69, 9.17) is 10.3 Å². The molecule has 0 saturated heterocycles. The molecular weight excluding hydrogens is 246 g/mol. The van der Waals surface area contributed by atoms with Gasteiger partial charge in [-0.3, -0.25) is 0 Å². The highest BCUT2D eigenvalue weighted by Gasteiger charge is 2.26. The molecule has 18 heavy (non-hydrogen) atoms. The van der Waals surface area contributed by atoms with E-state index < -0.39 is 0 Å². The average Bonchev–Trinajstić information content (AvgIpc) is 2.85. The van der Waals surface area contributed by atoms with Gasteiger partial charge >= 0.3 is 0 Å². The summed E-state index contributed by atoms with van der Waals surface area (Å²) in [4.78, 5) is 4.51. The van der Waals surface area contributed by atoms with Crippen LogP contribution < -0.4 is 5.73 Å². The smallest absolute Gasteiger partial charge is 0.231 e.